The summed E-state index contributed by atoms with van der Waals surface area (Å²) in [5, 5.41) is 4.94. The van der Waals surface area contributed by atoms with Gasteiger partial charge in [-0.25, -0.2) is 0 Å². The van der Waals surface area contributed by atoms with Crippen molar-refractivity contribution in [3.63, 3.8) is 0 Å². The predicted molar refractivity (Wildman–Crippen MR) is 59.2 cm³/mol. The van der Waals surface area contributed by atoms with E-state index >= 15 is 0 Å². The molecule has 0 saturated heterocycles. The Hall–Kier alpha value is -0.870. The van der Waals surface area contributed by atoms with Crippen LogP contribution in [0.15, 0.2) is 17.5 Å². The van der Waals surface area contributed by atoms with E-state index in [0.29, 0.717) is 13.0 Å². The topological polar surface area (TPSA) is 55.1 Å². The van der Waals surface area contributed by atoms with Crippen LogP contribution in [0.3, 0.4) is 0 Å². The minimum Gasteiger partial charge on any atom is -0.349 e. The fourth-order valence-electron chi connectivity index (χ4n) is 1.19. The number of carbonyl (C=O) groups is 1. The lowest BCUT2D eigenvalue weighted by atomic mass is 10.2. The maximum atomic E-state index is 11.3. The molecule has 0 saturated carbocycles. The molecule has 0 aromatic carbocycles. The monoisotopic (exact) mass is 212 g/mol. The van der Waals surface area contributed by atoms with Crippen molar-refractivity contribution in [3.8, 4) is 0 Å². The Bertz CT molecular complexity index is 272. The Morgan fingerprint density at radius 1 is 1.71 bits per heavy atom. The molecule has 0 fully saturated rings. The molecule has 0 bridgehead atoms. The van der Waals surface area contributed by atoms with Gasteiger partial charge in [-0.1, -0.05) is 6.07 Å². The SMILES string of the molecule is C[C@H](NC(=O)CCCN)c1cccs1. The Morgan fingerprint density at radius 3 is 3.07 bits per heavy atom. The second-order valence-electron chi connectivity index (χ2n) is 3.20. The first-order chi connectivity index (χ1) is 6.74. The summed E-state index contributed by atoms with van der Waals surface area (Å²) < 4.78 is 0. The van der Waals surface area contributed by atoms with Crippen molar-refractivity contribution in [1.29, 1.82) is 0 Å². The largest absolute Gasteiger partial charge is 0.349 e. The quantitative estimate of drug-likeness (QED) is 0.780. The molecule has 1 aromatic rings. The summed E-state index contributed by atoms with van der Waals surface area (Å²) in [7, 11) is 0. The zero-order valence-corrected chi connectivity index (χ0v) is 9.14. The van der Waals surface area contributed by atoms with Crippen LogP contribution in [0.25, 0.3) is 0 Å². The number of nitrogens with one attached hydrogen (secondary N) is 1. The first-order valence-corrected chi connectivity index (χ1v) is 5.65. The second kappa shape index (κ2) is 5.78. The van der Waals surface area contributed by atoms with E-state index in [0.717, 1.165) is 6.42 Å². The van der Waals surface area contributed by atoms with Gasteiger partial charge < -0.3 is 11.1 Å². The summed E-state index contributed by atoms with van der Waals surface area (Å²) in [6, 6.07) is 4.13. The molecule has 0 aliphatic carbocycles. The number of carbonyl (C=O) groups excluding carboxylic acids is 1. The van der Waals surface area contributed by atoms with Crippen molar-refractivity contribution in [2.45, 2.75) is 25.8 Å². The zero-order chi connectivity index (χ0) is 10.4. The van der Waals surface area contributed by atoms with E-state index in [9.17, 15) is 4.79 Å². The van der Waals surface area contributed by atoms with E-state index in [4.69, 9.17) is 5.73 Å². The summed E-state index contributed by atoms with van der Waals surface area (Å²) in [6.45, 7) is 2.56. The van der Waals surface area contributed by atoms with Crippen LogP contribution < -0.4 is 11.1 Å². The number of nitrogens with two attached hydrogens (primary N) is 1. The average molecular weight is 212 g/mol. The maximum Gasteiger partial charge on any atom is 0.220 e. The van der Waals surface area contributed by atoms with E-state index in [2.05, 4.69) is 5.32 Å². The zero-order valence-electron chi connectivity index (χ0n) is 8.32. The highest BCUT2D eigenvalue weighted by Crippen LogP contribution is 2.17. The number of hydrogen-bond donors (Lipinski definition) is 2. The van der Waals surface area contributed by atoms with Gasteiger partial charge in [-0.05, 0) is 31.3 Å². The number of amides is 1. The molecule has 1 rings (SSSR count). The molecule has 0 unspecified atom stereocenters. The molecule has 1 heterocycles. The van der Waals surface area contributed by atoms with Crippen LogP contribution in [0.1, 0.15) is 30.7 Å². The molecule has 4 heteroatoms. The minimum absolute atomic E-state index is 0.0800. The van der Waals surface area contributed by atoms with Crippen molar-refractivity contribution in [2.24, 2.45) is 5.73 Å². The minimum atomic E-state index is 0.0800. The Balaban J connectivity index is 2.33. The molecular weight excluding hydrogens is 196 g/mol. The van der Waals surface area contributed by atoms with Crippen molar-refractivity contribution in [1.82, 2.24) is 5.32 Å². The fraction of sp³-hybridized carbons (Fsp3) is 0.500. The highest BCUT2D eigenvalue weighted by atomic mass is 32.1. The molecule has 1 atom stereocenters. The second-order valence-corrected chi connectivity index (χ2v) is 4.18. The molecule has 0 spiro atoms. The first kappa shape index (κ1) is 11.2. The standard InChI is InChI=1S/C10H16N2OS/c1-8(9-4-3-7-14-9)12-10(13)5-2-6-11/h3-4,7-8H,2,5-6,11H2,1H3,(H,12,13)/t8-/m0/s1. The van der Waals surface area contributed by atoms with E-state index in [-0.39, 0.29) is 11.9 Å². The smallest absolute Gasteiger partial charge is 0.220 e. The maximum absolute atomic E-state index is 11.3. The van der Waals surface area contributed by atoms with Crippen molar-refractivity contribution < 1.29 is 4.79 Å². The number of thiophene rings is 1. The van der Waals surface area contributed by atoms with Crippen molar-refractivity contribution >= 4 is 17.2 Å². The Labute approximate surface area is 88.3 Å². The van der Waals surface area contributed by atoms with Gasteiger partial charge in [0, 0.05) is 11.3 Å². The summed E-state index contributed by atoms with van der Waals surface area (Å²) in [5.74, 6) is 0.0800. The first-order valence-electron chi connectivity index (χ1n) is 4.77. The molecule has 3 nitrogen and oxygen atoms in total. The molecular formula is C10H16N2OS. The van der Waals surface area contributed by atoms with Gasteiger partial charge >= 0.3 is 0 Å². The number of rotatable bonds is 5. The lowest BCUT2D eigenvalue weighted by Crippen LogP contribution is -2.26. The van der Waals surface area contributed by atoms with E-state index in [1.165, 1.54) is 4.88 Å². The molecule has 3 N–H and O–H groups in total. The van der Waals surface area contributed by atoms with Crippen LogP contribution in [-0.4, -0.2) is 12.5 Å². The summed E-state index contributed by atoms with van der Waals surface area (Å²) in [4.78, 5) is 12.5. The van der Waals surface area contributed by atoms with Gasteiger partial charge in [0.1, 0.15) is 0 Å². The molecule has 0 aliphatic rings. The van der Waals surface area contributed by atoms with E-state index in [1.54, 1.807) is 11.3 Å². The normalized spacial score (nSPS) is 12.4. The molecule has 14 heavy (non-hydrogen) atoms. The van der Waals surface area contributed by atoms with Gasteiger partial charge in [0.2, 0.25) is 5.91 Å². The molecule has 1 amide bonds. The lowest BCUT2D eigenvalue weighted by Gasteiger charge is -2.11. The van der Waals surface area contributed by atoms with Gasteiger partial charge in [0.15, 0.2) is 0 Å². The van der Waals surface area contributed by atoms with Gasteiger partial charge in [0.25, 0.3) is 0 Å². The van der Waals surface area contributed by atoms with Gasteiger partial charge in [-0.15, -0.1) is 11.3 Å². The summed E-state index contributed by atoms with van der Waals surface area (Å²) >= 11 is 1.66. The molecule has 78 valence electrons. The Kier molecular flexibility index (Phi) is 4.62. The van der Waals surface area contributed by atoms with Crippen LogP contribution in [0.5, 0.6) is 0 Å². The third kappa shape index (κ3) is 3.47. The molecule has 0 radical (unpaired) electrons. The van der Waals surface area contributed by atoms with E-state index in [1.807, 2.05) is 24.4 Å². The fourth-order valence-corrected chi connectivity index (χ4v) is 1.92. The Morgan fingerprint density at radius 2 is 2.50 bits per heavy atom. The van der Waals surface area contributed by atoms with Crippen molar-refractivity contribution in [2.75, 3.05) is 6.54 Å². The van der Waals surface area contributed by atoms with Gasteiger partial charge in [-0.3, -0.25) is 4.79 Å². The highest BCUT2D eigenvalue weighted by molar-refractivity contribution is 7.10. The molecule has 1 aromatic heterocycles. The van der Waals surface area contributed by atoms with Gasteiger partial charge in [-0.2, -0.15) is 0 Å². The van der Waals surface area contributed by atoms with Crippen LogP contribution in [0, 0.1) is 0 Å². The third-order valence-electron chi connectivity index (χ3n) is 1.96. The average Bonchev–Trinajstić information content (AvgIpc) is 2.67. The van der Waals surface area contributed by atoms with Gasteiger partial charge in [0.05, 0.1) is 6.04 Å². The van der Waals surface area contributed by atoms with Crippen molar-refractivity contribution in [3.05, 3.63) is 22.4 Å². The lowest BCUT2D eigenvalue weighted by molar-refractivity contribution is -0.121. The van der Waals surface area contributed by atoms with Crippen LogP contribution in [0.4, 0.5) is 0 Å². The third-order valence-corrected chi connectivity index (χ3v) is 3.01. The number of hydrogen-bond acceptors (Lipinski definition) is 3. The van der Waals surface area contributed by atoms with Crippen LogP contribution in [0.2, 0.25) is 0 Å². The van der Waals surface area contributed by atoms with E-state index < -0.39 is 0 Å². The summed E-state index contributed by atoms with van der Waals surface area (Å²) in [6.07, 6.45) is 1.27. The summed E-state index contributed by atoms with van der Waals surface area (Å²) in [5.41, 5.74) is 5.32. The van der Waals surface area contributed by atoms with Crippen LogP contribution in [-0.2, 0) is 4.79 Å². The van der Waals surface area contributed by atoms with Crippen LogP contribution >= 0.6 is 11.3 Å². The highest BCUT2D eigenvalue weighted by Gasteiger charge is 2.09. The molecule has 0 aliphatic heterocycles. The predicted octanol–water partition coefficient (Wildman–Crippen LogP) is 1.66.